The highest BCUT2D eigenvalue weighted by Gasteiger charge is 2.50. The monoisotopic (exact) mass is 1540 g/mol. The molecule has 6 aromatic carbocycles. The first-order valence-electron chi connectivity index (χ1n) is 38.9. The Hall–Kier alpha value is -11.3. The van der Waals surface area contributed by atoms with Crippen LogP contribution in [0.25, 0.3) is 22.0 Å². The second kappa shape index (κ2) is 36.5. The highest BCUT2D eigenvalue weighted by atomic mass is 19.1. The summed E-state index contributed by atoms with van der Waals surface area (Å²) in [6.45, 7) is 8.91. The number of carbonyl (C=O) groups is 10. The molecule has 1 aliphatic carbocycles. The molecule has 1 aromatic heterocycles. The van der Waals surface area contributed by atoms with Crippen molar-refractivity contribution in [2.24, 2.45) is 0 Å². The number of allylic oxidation sites excluding steroid dienone is 2. The number of benzene rings is 6. The molecule has 6 N–H and O–H groups in total. The Morgan fingerprint density at radius 3 is 2.18 bits per heavy atom. The normalized spacial score (nSPS) is 22.7. The van der Waals surface area contributed by atoms with Crippen molar-refractivity contribution >= 4 is 70.2 Å². The molecule has 2 fully saturated rings. The fourth-order valence-electron chi connectivity index (χ4n) is 16.0. The lowest BCUT2D eigenvalue weighted by Gasteiger charge is -2.37. The molecule has 0 saturated carbocycles. The Bertz CT molecular complexity index is 4650. The molecule has 596 valence electrons. The van der Waals surface area contributed by atoms with Gasteiger partial charge in [-0.05, 0) is 159 Å². The first-order chi connectivity index (χ1) is 54.3. The molecule has 113 heavy (non-hydrogen) atoms. The number of carbonyl (C=O) groups excluding carboxylic acids is 10. The number of esters is 1. The third-order valence-electron chi connectivity index (χ3n) is 21.8. The second-order valence-electron chi connectivity index (χ2n) is 30.9. The molecule has 25 nitrogen and oxygen atoms in total. The van der Waals surface area contributed by atoms with Crippen molar-refractivity contribution in [3.8, 4) is 16.9 Å². The van der Waals surface area contributed by atoms with E-state index in [1.165, 1.54) is 36.2 Å². The van der Waals surface area contributed by atoms with E-state index < -0.39 is 119 Å². The number of alkyl carbamates (subject to hydrolysis) is 1. The van der Waals surface area contributed by atoms with Gasteiger partial charge in [-0.15, -0.1) is 0 Å². The number of aromatic nitrogens is 1. The van der Waals surface area contributed by atoms with Gasteiger partial charge in [0.05, 0.1) is 38.4 Å². The summed E-state index contributed by atoms with van der Waals surface area (Å²) in [5.41, 5.74) is 6.12. The minimum absolute atomic E-state index is 0.00360. The maximum atomic E-state index is 16.4. The molecule has 13 rings (SSSR count). The molecule has 7 aromatic rings. The van der Waals surface area contributed by atoms with E-state index in [1.807, 2.05) is 89.5 Å². The van der Waals surface area contributed by atoms with E-state index in [0.717, 1.165) is 33.4 Å². The van der Waals surface area contributed by atoms with Crippen LogP contribution in [-0.2, 0) is 107 Å². The second-order valence-corrected chi connectivity index (χ2v) is 30.9. The summed E-state index contributed by atoms with van der Waals surface area (Å²) < 4.78 is 47.1. The first kappa shape index (κ1) is 81.2. The molecule has 6 aliphatic rings. The molecule has 26 heteroatoms. The van der Waals surface area contributed by atoms with E-state index in [9.17, 15) is 24.0 Å². The van der Waals surface area contributed by atoms with Crippen LogP contribution in [0.4, 0.5) is 9.18 Å². The molecule has 5 aliphatic heterocycles. The summed E-state index contributed by atoms with van der Waals surface area (Å²) >= 11 is 0. The average molecular weight is 1550 g/mol. The molecule has 2 saturated heterocycles. The molecule has 9 amide bonds. The van der Waals surface area contributed by atoms with Gasteiger partial charge in [0.15, 0.2) is 0 Å². The van der Waals surface area contributed by atoms with Gasteiger partial charge in [-0.1, -0.05) is 121 Å². The van der Waals surface area contributed by atoms with Crippen molar-refractivity contribution in [1.82, 2.24) is 51.2 Å². The quantitative estimate of drug-likeness (QED) is 0.0523. The lowest BCUT2D eigenvalue weighted by molar-refractivity contribution is -0.149. The van der Waals surface area contributed by atoms with Crippen molar-refractivity contribution in [1.29, 1.82) is 0 Å². The number of methoxy groups -OCH3 is 2. The summed E-state index contributed by atoms with van der Waals surface area (Å²) in [5, 5.41) is 18.1. The van der Waals surface area contributed by atoms with Gasteiger partial charge in [0.25, 0.3) is 0 Å². The highest BCUT2D eigenvalue weighted by Crippen LogP contribution is 2.45. The van der Waals surface area contributed by atoms with Gasteiger partial charge in [-0.2, -0.15) is 0 Å². The van der Waals surface area contributed by atoms with Crippen molar-refractivity contribution in [3.63, 3.8) is 0 Å². The highest BCUT2D eigenvalue weighted by molar-refractivity contribution is 5.99. The van der Waals surface area contributed by atoms with Gasteiger partial charge in [0.2, 0.25) is 47.3 Å². The summed E-state index contributed by atoms with van der Waals surface area (Å²) in [5.74, 6) is -6.16. The summed E-state index contributed by atoms with van der Waals surface area (Å²) in [6, 6.07) is 34.0. The van der Waals surface area contributed by atoms with Gasteiger partial charge in [-0.3, -0.25) is 43.2 Å². The predicted molar refractivity (Wildman–Crippen MR) is 420 cm³/mol. The van der Waals surface area contributed by atoms with Crippen LogP contribution in [0.1, 0.15) is 130 Å². The number of nitrogens with zero attached hydrogens (tertiary/aromatic N) is 4. The van der Waals surface area contributed by atoms with Crippen molar-refractivity contribution in [2.75, 3.05) is 53.6 Å². The zero-order valence-electron chi connectivity index (χ0n) is 65.1. The van der Waals surface area contributed by atoms with E-state index in [1.54, 1.807) is 100 Å². The molecule has 6 heterocycles. The standard InChI is InChI=1S/C87H101FN10O15/c1-54(113-86(2,3)4)77-80(103)92-70(45-56-28-31-62(109-6)32-29-56)83(106)98-42-17-38-87(98,5)84(107)89-39-36-55-24-26-57(27-25-55)50-96(75(100)34-35-76(101)110-7)41-15-9-8-14-40-95-51-60(67-48-61(88)30-33-72(67)95)47-71-82(105)97-43-37-73(78(97)81(104)94-77)111-53-74(99)90-49-59-19-16-18-58(44-59)46-69(79(102)91-71)93-85(108)112-52-68-65-22-12-10-20-63(65)64-21-11-13-23-66(64)68/h8,10-14,16,18-33,44,48,51,54,68-71,73,77-78H,9,15,17,34-43,45-47,49-50,52-53H2,1-7H3,(H,89,107)(H,90,99)(H,91,102)(H,92,103)(H,93,108)(H,94,104)/b14-8+/t54-,69+,70+,71+,73+,77+,78+,87+/m1/s1. The first-order valence-corrected chi connectivity index (χ1v) is 38.9. The van der Waals surface area contributed by atoms with E-state index in [4.69, 9.17) is 23.7 Å². The molecule has 0 radical (unpaired) electrons. The summed E-state index contributed by atoms with van der Waals surface area (Å²) in [4.78, 5) is 153. The fraction of sp³-hybridized carbons (Fsp3) is 0.425. The third-order valence-corrected chi connectivity index (χ3v) is 21.8. The van der Waals surface area contributed by atoms with E-state index in [0.29, 0.717) is 77.6 Å². The van der Waals surface area contributed by atoms with E-state index in [-0.39, 0.29) is 96.2 Å². The van der Waals surface area contributed by atoms with Crippen LogP contribution in [0.3, 0.4) is 0 Å². The van der Waals surface area contributed by atoms with E-state index in [2.05, 4.69) is 31.9 Å². The van der Waals surface area contributed by atoms with Crippen LogP contribution < -0.4 is 36.6 Å². The van der Waals surface area contributed by atoms with Gasteiger partial charge < -0.3 is 74.9 Å². The van der Waals surface area contributed by atoms with Crippen LogP contribution in [0.15, 0.2) is 158 Å². The Labute approximate surface area is 657 Å². The van der Waals surface area contributed by atoms with Crippen LogP contribution in [0.2, 0.25) is 0 Å². The van der Waals surface area contributed by atoms with Crippen LogP contribution in [-0.4, -0.2) is 186 Å². The maximum Gasteiger partial charge on any atom is 0.407 e. The van der Waals surface area contributed by atoms with Crippen molar-refractivity contribution < 1.29 is 76.0 Å². The zero-order chi connectivity index (χ0) is 80.1. The van der Waals surface area contributed by atoms with Crippen molar-refractivity contribution in [2.45, 2.75) is 184 Å². The van der Waals surface area contributed by atoms with Crippen LogP contribution >= 0.6 is 0 Å². The number of ether oxygens (including phenoxy) is 5. The Morgan fingerprint density at radius 2 is 1.45 bits per heavy atom. The van der Waals surface area contributed by atoms with Gasteiger partial charge in [0, 0.05) is 94.5 Å². The number of hydrogen-bond acceptors (Lipinski definition) is 15. The minimum atomic E-state index is -1.64. The largest absolute Gasteiger partial charge is 0.497 e. The molecule has 8 atom stereocenters. The molecular formula is C87H101FN10O15. The topological polar surface area (TPSA) is 304 Å². The van der Waals surface area contributed by atoms with Crippen LogP contribution in [0.5, 0.6) is 5.75 Å². The Morgan fingerprint density at radius 1 is 0.726 bits per heavy atom. The van der Waals surface area contributed by atoms with Gasteiger partial charge in [0.1, 0.15) is 60.5 Å². The van der Waals surface area contributed by atoms with Gasteiger partial charge in [-0.25, -0.2) is 9.18 Å². The van der Waals surface area contributed by atoms with E-state index >= 15 is 28.4 Å². The summed E-state index contributed by atoms with van der Waals surface area (Å²) in [6.07, 6.45) is 3.79. The SMILES string of the molecule is COC(=O)CCC(=O)N1CCC/C=C/Cn2cc(c3cc(F)ccc32)C[C@@H]2NC(=O)[C@@H](NC(=O)OCC3c4ccccc4-c4ccccc43)Cc3cccc(c3)CNC(=O)CO[C@H]3CCN(C2=O)[C@@H]3C(=O)N[C@@H]([C@@H](C)OC(C)(C)C)C(=O)N[C@@H](Cc2ccc(OC)cc2)C(=O)N2CCC[C@@]2(C)C(=O)NCCc2ccc(cc2)C1. The Balaban J connectivity index is 0.927. The smallest absolute Gasteiger partial charge is 0.407 e. The Kier molecular flexibility index (Phi) is 26.2. The molecular weight excluding hydrogens is 1440 g/mol. The third kappa shape index (κ3) is 20.0. The minimum Gasteiger partial charge on any atom is -0.497 e. The number of fused-ring (bicyclic) bond motifs is 23. The van der Waals surface area contributed by atoms with Crippen LogP contribution in [0, 0.1) is 5.82 Å². The number of amides is 9. The number of rotatable bonds is 11. The lowest BCUT2D eigenvalue weighted by atomic mass is 9.95. The number of halogens is 1. The van der Waals surface area contributed by atoms with Gasteiger partial charge >= 0.3 is 12.1 Å². The number of nitrogens with one attached hydrogen (secondary N) is 6. The average Bonchev–Trinajstić information content (AvgIpc) is 1.64. The zero-order valence-corrected chi connectivity index (χ0v) is 65.1. The lowest BCUT2D eigenvalue weighted by Crippen LogP contribution is -2.64. The summed E-state index contributed by atoms with van der Waals surface area (Å²) in [7, 11) is 2.79. The molecule has 10 bridgehead atoms. The van der Waals surface area contributed by atoms with Crippen molar-refractivity contribution in [3.05, 3.63) is 208 Å². The molecule has 0 unspecified atom stereocenters. The maximum absolute atomic E-state index is 16.4. The molecule has 0 spiro atoms. The predicted octanol–water partition coefficient (Wildman–Crippen LogP) is 8.37. The number of hydrogen-bond donors (Lipinski definition) is 6. The fourth-order valence-corrected chi connectivity index (χ4v) is 16.0.